The first-order chi connectivity index (χ1) is 10.8. The van der Waals surface area contributed by atoms with Crippen molar-refractivity contribution in [3.63, 3.8) is 0 Å². The first-order valence-corrected chi connectivity index (χ1v) is 7.91. The van der Waals surface area contributed by atoms with E-state index in [0.717, 1.165) is 31.6 Å². The third-order valence-electron chi connectivity index (χ3n) is 3.53. The van der Waals surface area contributed by atoms with Crippen molar-refractivity contribution in [1.29, 1.82) is 0 Å². The number of hydrogen-bond acceptors (Lipinski definition) is 6. The van der Waals surface area contributed by atoms with Crippen molar-refractivity contribution >= 4 is 12.0 Å². The number of carbonyl (C=O) groups excluding carboxylic acids is 1. The summed E-state index contributed by atoms with van der Waals surface area (Å²) in [6.07, 6.45) is 1.31. The van der Waals surface area contributed by atoms with E-state index in [0.29, 0.717) is 11.8 Å². The molecule has 7 heteroatoms. The van der Waals surface area contributed by atoms with Crippen LogP contribution in [-0.4, -0.2) is 47.9 Å². The number of anilines is 1. The number of aromatic nitrogens is 2. The fraction of sp³-hybridized carbons (Fsp3) is 0.688. The number of aryl methyl sites for hydroxylation is 1. The zero-order chi connectivity index (χ0) is 17.0. The summed E-state index contributed by atoms with van der Waals surface area (Å²) >= 11 is 0. The Morgan fingerprint density at radius 3 is 2.52 bits per heavy atom. The number of amides is 1. The van der Waals surface area contributed by atoms with Gasteiger partial charge in [-0.3, -0.25) is 0 Å². The maximum atomic E-state index is 11.8. The van der Waals surface area contributed by atoms with Crippen LogP contribution in [0.1, 0.15) is 39.3 Å². The summed E-state index contributed by atoms with van der Waals surface area (Å²) in [6.45, 7) is 9.07. The lowest BCUT2D eigenvalue weighted by atomic mass is 10.1. The first-order valence-electron chi connectivity index (χ1n) is 7.91. The Hall–Kier alpha value is -2.05. The minimum absolute atomic E-state index is 0.118. The summed E-state index contributed by atoms with van der Waals surface area (Å²) in [6, 6.07) is 1.92. The Labute approximate surface area is 137 Å². The van der Waals surface area contributed by atoms with Gasteiger partial charge in [0.25, 0.3) is 0 Å². The lowest BCUT2D eigenvalue weighted by Gasteiger charge is -2.33. The molecule has 0 spiro atoms. The predicted molar refractivity (Wildman–Crippen MR) is 87.9 cm³/mol. The number of nitrogens with zero attached hydrogens (tertiary/aromatic N) is 3. The topological polar surface area (TPSA) is 76.6 Å². The van der Waals surface area contributed by atoms with Gasteiger partial charge in [0, 0.05) is 30.9 Å². The van der Waals surface area contributed by atoms with Gasteiger partial charge in [0.15, 0.2) is 0 Å². The van der Waals surface area contributed by atoms with Crippen molar-refractivity contribution in [1.82, 2.24) is 15.3 Å². The lowest BCUT2D eigenvalue weighted by molar-refractivity contribution is 0.0497. The van der Waals surface area contributed by atoms with Gasteiger partial charge in [-0.05, 0) is 40.5 Å². The van der Waals surface area contributed by atoms with Gasteiger partial charge in [-0.2, -0.15) is 4.98 Å². The van der Waals surface area contributed by atoms with Crippen LogP contribution in [0.4, 0.5) is 10.7 Å². The van der Waals surface area contributed by atoms with Crippen molar-refractivity contribution < 1.29 is 14.3 Å². The van der Waals surface area contributed by atoms with E-state index in [9.17, 15) is 4.79 Å². The van der Waals surface area contributed by atoms with Crippen molar-refractivity contribution in [3.05, 3.63) is 11.8 Å². The summed E-state index contributed by atoms with van der Waals surface area (Å²) in [4.78, 5) is 22.8. The largest absolute Gasteiger partial charge is 0.481 e. The molecular weight excluding hydrogens is 296 g/mol. The van der Waals surface area contributed by atoms with E-state index in [-0.39, 0.29) is 12.1 Å². The highest BCUT2D eigenvalue weighted by Crippen LogP contribution is 2.20. The van der Waals surface area contributed by atoms with Crippen molar-refractivity contribution in [3.8, 4) is 5.88 Å². The van der Waals surface area contributed by atoms with Crippen LogP contribution in [0.3, 0.4) is 0 Å². The van der Waals surface area contributed by atoms with Crippen LogP contribution < -0.4 is 15.0 Å². The van der Waals surface area contributed by atoms with Crippen molar-refractivity contribution in [2.75, 3.05) is 25.1 Å². The normalized spacial score (nSPS) is 16.1. The van der Waals surface area contributed by atoms with Crippen LogP contribution >= 0.6 is 0 Å². The molecule has 1 aromatic heterocycles. The number of alkyl carbamates (subject to hydrolysis) is 1. The molecule has 128 valence electrons. The standard InChI is InChI=1S/C16H26N4O3/c1-11-10-13(22-5)19-14(17-11)20-8-6-12(7-9-20)18-15(21)23-16(2,3)4/h10,12H,6-9H2,1-5H3,(H,18,21). The summed E-state index contributed by atoms with van der Waals surface area (Å²) < 4.78 is 10.5. The number of hydrogen-bond donors (Lipinski definition) is 1. The maximum Gasteiger partial charge on any atom is 0.407 e. The van der Waals surface area contributed by atoms with Gasteiger partial charge in [-0.15, -0.1) is 0 Å². The molecular formula is C16H26N4O3. The molecule has 23 heavy (non-hydrogen) atoms. The molecule has 0 radical (unpaired) electrons. The minimum Gasteiger partial charge on any atom is -0.481 e. The molecule has 2 heterocycles. The zero-order valence-corrected chi connectivity index (χ0v) is 14.5. The Morgan fingerprint density at radius 1 is 1.30 bits per heavy atom. The molecule has 0 saturated carbocycles. The Kier molecular flexibility index (Phi) is 5.28. The zero-order valence-electron chi connectivity index (χ0n) is 14.5. The fourth-order valence-electron chi connectivity index (χ4n) is 2.47. The quantitative estimate of drug-likeness (QED) is 0.920. The van der Waals surface area contributed by atoms with Gasteiger partial charge >= 0.3 is 6.09 Å². The van der Waals surface area contributed by atoms with Gasteiger partial charge in [0.1, 0.15) is 5.60 Å². The average Bonchev–Trinajstić information content (AvgIpc) is 2.45. The van der Waals surface area contributed by atoms with Crippen LogP contribution in [0.15, 0.2) is 6.07 Å². The molecule has 0 bridgehead atoms. The third kappa shape index (κ3) is 5.26. The average molecular weight is 322 g/mol. The molecule has 0 unspecified atom stereocenters. The molecule has 0 atom stereocenters. The first kappa shape index (κ1) is 17.3. The van der Waals surface area contributed by atoms with E-state index >= 15 is 0 Å². The van der Waals surface area contributed by atoms with E-state index in [1.54, 1.807) is 13.2 Å². The molecule has 0 aliphatic carbocycles. The Balaban J connectivity index is 1.89. The van der Waals surface area contributed by atoms with Crippen LogP contribution in [0.5, 0.6) is 5.88 Å². The molecule has 1 aromatic rings. The number of rotatable bonds is 3. The third-order valence-corrected chi connectivity index (χ3v) is 3.53. The molecule has 1 fully saturated rings. The van der Waals surface area contributed by atoms with E-state index in [1.807, 2.05) is 27.7 Å². The summed E-state index contributed by atoms with van der Waals surface area (Å²) in [5.74, 6) is 1.25. The monoisotopic (exact) mass is 322 g/mol. The van der Waals surface area contributed by atoms with Crippen LogP contribution in [-0.2, 0) is 4.74 Å². The second-order valence-corrected chi connectivity index (χ2v) is 6.76. The van der Waals surface area contributed by atoms with E-state index in [2.05, 4.69) is 20.2 Å². The molecule has 0 aromatic carbocycles. The maximum absolute atomic E-state index is 11.8. The summed E-state index contributed by atoms with van der Waals surface area (Å²) in [5.41, 5.74) is 0.400. The molecule has 1 N–H and O–H groups in total. The fourth-order valence-corrected chi connectivity index (χ4v) is 2.47. The lowest BCUT2D eigenvalue weighted by Crippen LogP contribution is -2.46. The highest BCUT2D eigenvalue weighted by molar-refractivity contribution is 5.68. The second-order valence-electron chi connectivity index (χ2n) is 6.76. The van der Waals surface area contributed by atoms with Crippen molar-refractivity contribution in [2.24, 2.45) is 0 Å². The Morgan fingerprint density at radius 2 is 1.96 bits per heavy atom. The number of methoxy groups -OCH3 is 1. The molecule has 1 aliphatic rings. The second kappa shape index (κ2) is 7.02. The minimum atomic E-state index is -0.475. The SMILES string of the molecule is COc1cc(C)nc(N2CCC(NC(=O)OC(C)(C)C)CC2)n1. The van der Waals surface area contributed by atoms with E-state index in [4.69, 9.17) is 9.47 Å². The van der Waals surface area contributed by atoms with Gasteiger partial charge < -0.3 is 19.7 Å². The number of ether oxygens (including phenoxy) is 2. The summed E-state index contributed by atoms with van der Waals surface area (Å²) in [7, 11) is 1.60. The number of piperidine rings is 1. The molecule has 1 amide bonds. The molecule has 7 nitrogen and oxygen atoms in total. The number of nitrogens with one attached hydrogen (secondary N) is 1. The van der Waals surface area contributed by atoms with Gasteiger partial charge in [-0.25, -0.2) is 9.78 Å². The molecule has 1 saturated heterocycles. The van der Waals surface area contributed by atoms with Crippen LogP contribution in [0.25, 0.3) is 0 Å². The van der Waals surface area contributed by atoms with Crippen molar-refractivity contribution in [2.45, 2.75) is 52.2 Å². The van der Waals surface area contributed by atoms with Gasteiger partial charge in [-0.1, -0.05) is 0 Å². The smallest absolute Gasteiger partial charge is 0.407 e. The number of carbonyl (C=O) groups is 1. The van der Waals surface area contributed by atoms with E-state index < -0.39 is 5.60 Å². The summed E-state index contributed by atoms with van der Waals surface area (Å²) in [5, 5.41) is 2.93. The molecule has 2 rings (SSSR count). The predicted octanol–water partition coefficient (Wildman–Crippen LogP) is 2.29. The van der Waals surface area contributed by atoms with Gasteiger partial charge in [0.05, 0.1) is 7.11 Å². The van der Waals surface area contributed by atoms with Crippen LogP contribution in [0.2, 0.25) is 0 Å². The highest BCUT2D eigenvalue weighted by atomic mass is 16.6. The van der Waals surface area contributed by atoms with Crippen LogP contribution in [0, 0.1) is 6.92 Å². The Bertz CT molecular complexity index is 549. The van der Waals surface area contributed by atoms with Gasteiger partial charge in [0.2, 0.25) is 11.8 Å². The highest BCUT2D eigenvalue weighted by Gasteiger charge is 2.25. The van der Waals surface area contributed by atoms with E-state index in [1.165, 1.54) is 0 Å². The molecule has 1 aliphatic heterocycles.